The fourth-order valence-corrected chi connectivity index (χ4v) is 3.26. The van der Waals surface area contributed by atoms with Crippen molar-refractivity contribution in [2.75, 3.05) is 24.2 Å². The van der Waals surface area contributed by atoms with Gasteiger partial charge in [-0.05, 0) is 18.1 Å². The molecule has 0 unspecified atom stereocenters. The number of unbranched alkanes of at least 4 members (excludes halogenated alkanes) is 1. The van der Waals surface area contributed by atoms with Crippen LogP contribution in [-0.2, 0) is 5.41 Å². The molecule has 0 fully saturated rings. The number of hydrogen-bond acceptors (Lipinski definition) is 4. The zero-order valence-electron chi connectivity index (χ0n) is 14.5. The van der Waals surface area contributed by atoms with Crippen LogP contribution in [0.2, 0.25) is 0 Å². The van der Waals surface area contributed by atoms with Crippen LogP contribution in [0, 0.1) is 0 Å². The fraction of sp³-hybridized carbons (Fsp3) is 0.474. The monoisotopic (exact) mass is 310 g/mol. The molecule has 0 amide bonds. The normalized spacial score (nSPS) is 16.3. The average molecular weight is 310 g/mol. The maximum absolute atomic E-state index is 4.86. The molecule has 4 nitrogen and oxygen atoms in total. The Morgan fingerprint density at radius 3 is 2.78 bits per heavy atom. The average Bonchev–Trinajstić information content (AvgIpc) is 2.68. The molecule has 23 heavy (non-hydrogen) atoms. The maximum atomic E-state index is 4.86. The molecular formula is C19H26N4. The maximum Gasteiger partial charge on any atom is 0.150 e. The highest BCUT2D eigenvalue weighted by atomic mass is 15.1. The quantitative estimate of drug-likeness (QED) is 0.870. The van der Waals surface area contributed by atoms with Gasteiger partial charge in [0.2, 0.25) is 0 Å². The molecule has 122 valence electrons. The molecule has 2 N–H and O–H groups in total. The highest BCUT2D eigenvalue weighted by molar-refractivity contribution is 6.03. The number of aromatic nitrogens is 1. The lowest BCUT2D eigenvalue weighted by molar-refractivity contribution is 0.549. The first-order valence-electron chi connectivity index (χ1n) is 8.48. The standard InChI is InChI=1S/C19H26N4/c1-5-6-11-15-21-12-19(2,3)16-13-9-7-8-10-14(13)22-18(20-4)17(16)23-15/h7-10H,5-6,11-12H2,1-4H3,(H,20,22)(H,21,23). The second-order valence-corrected chi connectivity index (χ2v) is 6.85. The van der Waals surface area contributed by atoms with Crippen molar-refractivity contribution in [3.05, 3.63) is 29.8 Å². The number of pyridine rings is 1. The Balaban J connectivity index is 2.21. The summed E-state index contributed by atoms with van der Waals surface area (Å²) in [4.78, 5) is 9.66. The molecule has 0 radical (unpaired) electrons. The Hall–Kier alpha value is -2.10. The molecule has 0 aliphatic carbocycles. The number of amidine groups is 1. The van der Waals surface area contributed by atoms with Crippen molar-refractivity contribution in [1.29, 1.82) is 0 Å². The molecule has 0 atom stereocenters. The molecule has 0 saturated heterocycles. The van der Waals surface area contributed by atoms with Gasteiger partial charge in [-0.25, -0.2) is 4.98 Å². The molecule has 4 heteroatoms. The van der Waals surface area contributed by atoms with Crippen molar-refractivity contribution < 1.29 is 0 Å². The minimum Gasteiger partial charge on any atom is -0.371 e. The van der Waals surface area contributed by atoms with Gasteiger partial charge in [-0.15, -0.1) is 0 Å². The van der Waals surface area contributed by atoms with E-state index in [1.807, 2.05) is 13.1 Å². The topological polar surface area (TPSA) is 49.3 Å². The third-order valence-corrected chi connectivity index (χ3v) is 4.51. The third kappa shape index (κ3) is 2.90. The summed E-state index contributed by atoms with van der Waals surface area (Å²) in [5.41, 5.74) is 3.39. The number of para-hydroxylation sites is 1. The molecule has 0 bridgehead atoms. The fourth-order valence-electron chi connectivity index (χ4n) is 3.26. The number of hydrogen-bond donors (Lipinski definition) is 2. The number of nitrogens with one attached hydrogen (secondary N) is 2. The summed E-state index contributed by atoms with van der Waals surface area (Å²) in [6, 6.07) is 8.38. The van der Waals surface area contributed by atoms with Crippen molar-refractivity contribution in [2.45, 2.75) is 45.4 Å². The number of benzene rings is 1. The summed E-state index contributed by atoms with van der Waals surface area (Å²) >= 11 is 0. The number of rotatable bonds is 4. The van der Waals surface area contributed by atoms with Gasteiger partial charge in [0.05, 0.1) is 17.7 Å². The predicted molar refractivity (Wildman–Crippen MR) is 99.8 cm³/mol. The first-order chi connectivity index (χ1) is 11.1. The van der Waals surface area contributed by atoms with E-state index in [0.717, 1.165) is 42.2 Å². The van der Waals surface area contributed by atoms with Crippen molar-refractivity contribution in [3.63, 3.8) is 0 Å². The second-order valence-electron chi connectivity index (χ2n) is 6.85. The highest BCUT2D eigenvalue weighted by Gasteiger charge is 2.31. The molecular weight excluding hydrogens is 284 g/mol. The molecule has 2 aromatic rings. The summed E-state index contributed by atoms with van der Waals surface area (Å²) in [6.07, 6.45) is 3.31. The van der Waals surface area contributed by atoms with Gasteiger partial charge in [-0.2, -0.15) is 0 Å². The molecule has 1 aromatic heterocycles. The molecule has 2 heterocycles. The van der Waals surface area contributed by atoms with E-state index in [-0.39, 0.29) is 5.41 Å². The van der Waals surface area contributed by atoms with E-state index < -0.39 is 0 Å². The third-order valence-electron chi connectivity index (χ3n) is 4.51. The van der Waals surface area contributed by atoms with Crippen molar-refractivity contribution >= 4 is 28.2 Å². The summed E-state index contributed by atoms with van der Waals surface area (Å²) in [5.74, 6) is 1.98. The molecule has 0 saturated carbocycles. The van der Waals surface area contributed by atoms with Gasteiger partial charge < -0.3 is 10.6 Å². The molecule has 1 aromatic carbocycles. The van der Waals surface area contributed by atoms with Crippen LogP contribution in [-0.4, -0.2) is 24.4 Å². The van der Waals surface area contributed by atoms with Crippen molar-refractivity contribution in [3.8, 4) is 0 Å². The molecule has 1 aliphatic heterocycles. The number of fused-ring (bicyclic) bond motifs is 3. The second kappa shape index (κ2) is 6.19. The van der Waals surface area contributed by atoms with Gasteiger partial charge in [0, 0.05) is 24.3 Å². The van der Waals surface area contributed by atoms with Gasteiger partial charge >= 0.3 is 0 Å². The Kier molecular flexibility index (Phi) is 4.24. The molecule has 3 rings (SSSR count). The van der Waals surface area contributed by atoms with Gasteiger partial charge in [0.15, 0.2) is 5.82 Å². The van der Waals surface area contributed by atoms with Crippen LogP contribution in [0.15, 0.2) is 29.3 Å². The van der Waals surface area contributed by atoms with Crippen molar-refractivity contribution in [1.82, 2.24) is 4.98 Å². The smallest absolute Gasteiger partial charge is 0.150 e. The van der Waals surface area contributed by atoms with E-state index in [1.54, 1.807) is 0 Å². The zero-order valence-corrected chi connectivity index (χ0v) is 14.5. The minimum atomic E-state index is -0.0373. The van der Waals surface area contributed by atoms with Crippen LogP contribution in [0.3, 0.4) is 0 Å². The Morgan fingerprint density at radius 2 is 2.04 bits per heavy atom. The highest BCUT2D eigenvalue weighted by Crippen LogP contribution is 2.41. The number of aliphatic imine (C=N–C) groups is 1. The van der Waals surface area contributed by atoms with Crippen molar-refractivity contribution in [2.24, 2.45) is 4.99 Å². The van der Waals surface area contributed by atoms with Crippen LogP contribution in [0.1, 0.15) is 45.6 Å². The van der Waals surface area contributed by atoms with E-state index in [9.17, 15) is 0 Å². The van der Waals surface area contributed by atoms with Crippen LogP contribution in [0.25, 0.3) is 10.9 Å². The van der Waals surface area contributed by atoms with Gasteiger partial charge in [0.1, 0.15) is 5.84 Å². The van der Waals surface area contributed by atoms with Gasteiger partial charge in [-0.3, -0.25) is 4.99 Å². The van der Waals surface area contributed by atoms with E-state index in [0.29, 0.717) is 0 Å². The first-order valence-corrected chi connectivity index (χ1v) is 8.48. The number of anilines is 2. The molecule has 1 aliphatic rings. The lowest BCUT2D eigenvalue weighted by atomic mass is 9.81. The summed E-state index contributed by atoms with van der Waals surface area (Å²) in [6.45, 7) is 7.55. The summed E-state index contributed by atoms with van der Waals surface area (Å²) < 4.78 is 0. The lowest BCUT2D eigenvalue weighted by Gasteiger charge is -2.26. The number of nitrogens with zero attached hydrogens (tertiary/aromatic N) is 2. The van der Waals surface area contributed by atoms with E-state index >= 15 is 0 Å². The van der Waals surface area contributed by atoms with E-state index in [4.69, 9.17) is 9.98 Å². The minimum absolute atomic E-state index is 0.0373. The predicted octanol–water partition coefficient (Wildman–Crippen LogP) is 4.57. The summed E-state index contributed by atoms with van der Waals surface area (Å²) in [7, 11) is 1.93. The zero-order chi connectivity index (χ0) is 16.4. The van der Waals surface area contributed by atoms with Crippen LogP contribution < -0.4 is 10.6 Å². The van der Waals surface area contributed by atoms with Crippen LogP contribution in [0.4, 0.5) is 11.5 Å². The molecule has 0 spiro atoms. The SMILES string of the molecule is CCCCC1=NCC(C)(C)c2c(c(NC)nc3ccccc23)N1. The van der Waals surface area contributed by atoms with Gasteiger partial charge in [0.25, 0.3) is 0 Å². The van der Waals surface area contributed by atoms with Gasteiger partial charge in [-0.1, -0.05) is 45.4 Å². The lowest BCUT2D eigenvalue weighted by Crippen LogP contribution is -2.22. The van der Waals surface area contributed by atoms with E-state index in [1.165, 1.54) is 17.4 Å². The van der Waals surface area contributed by atoms with Crippen LogP contribution >= 0.6 is 0 Å². The Morgan fingerprint density at radius 1 is 1.26 bits per heavy atom. The Labute approximate surface area is 138 Å². The summed E-state index contributed by atoms with van der Waals surface area (Å²) in [5, 5.41) is 8.06. The van der Waals surface area contributed by atoms with Crippen LogP contribution in [0.5, 0.6) is 0 Å². The van der Waals surface area contributed by atoms with E-state index in [2.05, 4.69) is 49.6 Å². The largest absolute Gasteiger partial charge is 0.371 e. The Bertz CT molecular complexity index is 746. The first kappa shape index (κ1) is 15.8.